The van der Waals surface area contributed by atoms with Gasteiger partial charge >= 0.3 is 0 Å². The highest BCUT2D eigenvalue weighted by Gasteiger charge is 2.17. The Morgan fingerprint density at radius 3 is 2.63 bits per heavy atom. The summed E-state index contributed by atoms with van der Waals surface area (Å²) in [5.41, 5.74) is 7.42. The summed E-state index contributed by atoms with van der Waals surface area (Å²) in [4.78, 5) is 19.0. The maximum atomic E-state index is 13.9. The molecule has 0 spiro atoms. The van der Waals surface area contributed by atoms with Crippen molar-refractivity contribution < 1.29 is 9.50 Å². The standard InChI is InChI=1S/C26H20FN7O/c1-34(2)17-8-15(12-28-13-17)20-3-4-22-25(31-20)26(33-32-22)23-11-19-21(30-23)5-6-29-24(19)14-7-16(27)10-18(35)9-14/h3-13,30,35H,1-2H3,(H,32,33). The predicted molar refractivity (Wildman–Crippen MR) is 134 cm³/mol. The Balaban J connectivity index is 1.48. The molecule has 0 saturated heterocycles. The van der Waals surface area contributed by atoms with E-state index in [1.54, 1.807) is 18.6 Å². The van der Waals surface area contributed by atoms with Crippen molar-refractivity contribution in [2.45, 2.75) is 0 Å². The lowest BCUT2D eigenvalue weighted by Crippen LogP contribution is -2.08. The summed E-state index contributed by atoms with van der Waals surface area (Å²) in [5.74, 6) is -0.685. The van der Waals surface area contributed by atoms with Crippen LogP contribution in [0.1, 0.15) is 0 Å². The molecule has 0 fully saturated rings. The molecule has 6 aromatic rings. The van der Waals surface area contributed by atoms with E-state index in [2.05, 4.69) is 25.1 Å². The van der Waals surface area contributed by atoms with E-state index >= 15 is 0 Å². The molecule has 0 saturated carbocycles. The average molecular weight is 465 g/mol. The van der Waals surface area contributed by atoms with E-state index in [-0.39, 0.29) is 5.75 Å². The van der Waals surface area contributed by atoms with Crippen molar-refractivity contribution in [1.29, 1.82) is 0 Å². The van der Waals surface area contributed by atoms with Gasteiger partial charge in [0.15, 0.2) is 0 Å². The normalized spacial score (nSPS) is 11.4. The van der Waals surface area contributed by atoms with Crippen LogP contribution in [0.15, 0.2) is 67.1 Å². The Hall–Kier alpha value is -4.79. The maximum absolute atomic E-state index is 13.9. The molecule has 3 N–H and O–H groups in total. The summed E-state index contributed by atoms with van der Waals surface area (Å²) in [6.07, 6.45) is 5.24. The molecule has 6 rings (SSSR count). The van der Waals surface area contributed by atoms with Gasteiger partial charge in [0, 0.05) is 54.6 Å². The first-order valence-corrected chi connectivity index (χ1v) is 10.9. The Labute approximate surface area is 199 Å². The zero-order valence-electron chi connectivity index (χ0n) is 18.9. The Bertz CT molecular complexity index is 1700. The SMILES string of the molecule is CN(C)c1cncc(-c2ccc3[nH]nc(-c4cc5c(-c6cc(O)cc(F)c6)nccc5[nH]4)c3n2)c1. The summed E-state index contributed by atoms with van der Waals surface area (Å²) >= 11 is 0. The fourth-order valence-corrected chi connectivity index (χ4v) is 4.18. The first-order valence-electron chi connectivity index (χ1n) is 10.9. The second-order valence-corrected chi connectivity index (χ2v) is 8.49. The number of anilines is 1. The number of phenolic OH excluding ortho intramolecular Hbond substituents is 1. The first-order chi connectivity index (χ1) is 17.0. The van der Waals surface area contributed by atoms with Crippen LogP contribution in [0.25, 0.3) is 55.8 Å². The molecule has 0 unspecified atom stereocenters. The molecule has 5 heterocycles. The molecule has 0 atom stereocenters. The molecular weight excluding hydrogens is 445 g/mol. The van der Waals surface area contributed by atoms with Gasteiger partial charge in [-0.25, -0.2) is 9.37 Å². The summed E-state index contributed by atoms with van der Waals surface area (Å²) in [7, 11) is 3.94. The van der Waals surface area contributed by atoms with Gasteiger partial charge in [-0.2, -0.15) is 5.10 Å². The third-order valence-corrected chi connectivity index (χ3v) is 5.90. The number of hydrogen-bond donors (Lipinski definition) is 3. The van der Waals surface area contributed by atoms with Crippen LogP contribution in [-0.4, -0.2) is 49.3 Å². The van der Waals surface area contributed by atoms with Gasteiger partial charge in [-0.3, -0.25) is 15.1 Å². The van der Waals surface area contributed by atoms with Gasteiger partial charge in [-0.05, 0) is 42.5 Å². The van der Waals surface area contributed by atoms with Crippen LogP contribution in [0, 0.1) is 5.82 Å². The van der Waals surface area contributed by atoms with E-state index in [0.717, 1.165) is 45.1 Å². The number of pyridine rings is 3. The number of nitrogens with zero attached hydrogens (tertiary/aromatic N) is 5. The third kappa shape index (κ3) is 3.63. The van der Waals surface area contributed by atoms with Gasteiger partial charge in [0.1, 0.15) is 22.8 Å². The molecule has 172 valence electrons. The molecule has 8 nitrogen and oxygen atoms in total. The van der Waals surface area contributed by atoms with Crippen LogP contribution < -0.4 is 4.90 Å². The van der Waals surface area contributed by atoms with Gasteiger partial charge in [-0.15, -0.1) is 0 Å². The van der Waals surface area contributed by atoms with Gasteiger partial charge in [0.05, 0.1) is 34.5 Å². The van der Waals surface area contributed by atoms with Crippen LogP contribution in [0.3, 0.4) is 0 Å². The minimum atomic E-state index is -0.530. The van der Waals surface area contributed by atoms with Crippen molar-refractivity contribution in [3.63, 3.8) is 0 Å². The zero-order valence-corrected chi connectivity index (χ0v) is 18.9. The molecule has 0 aliphatic rings. The van der Waals surface area contributed by atoms with E-state index in [1.165, 1.54) is 12.1 Å². The molecule has 0 aliphatic heterocycles. The molecular formula is C26H20FN7O. The summed E-state index contributed by atoms with van der Waals surface area (Å²) in [5, 5.41) is 18.2. The minimum Gasteiger partial charge on any atom is -0.508 e. The number of hydrogen-bond acceptors (Lipinski definition) is 6. The number of aromatic hydroxyl groups is 1. The molecule has 1 aromatic carbocycles. The Kier molecular flexibility index (Phi) is 4.70. The topological polar surface area (TPSA) is 107 Å². The van der Waals surface area contributed by atoms with Crippen LogP contribution in [-0.2, 0) is 0 Å². The van der Waals surface area contributed by atoms with E-state index in [9.17, 15) is 9.50 Å². The fourth-order valence-electron chi connectivity index (χ4n) is 4.18. The Morgan fingerprint density at radius 1 is 0.914 bits per heavy atom. The third-order valence-electron chi connectivity index (χ3n) is 5.90. The lowest BCUT2D eigenvalue weighted by Gasteiger charge is -2.12. The number of halogens is 1. The number of H-pyrrole nitrogens is 2. The van der Waals surface area contributed by atoms with Crippen molar-refractivity contribution in [3.05, 3.63) is 72.9 Å². The fraction of sp³-hybridized carbons (Fsp3) is 0.0769. The number of benzene rings is 1. The minimum absolute atomic E-state index is 0.155. The molecule has 0 radical (unpaired) electrons. The number of aromatic nitrogens is 6. The van der Waals surface area contributed by atoms with Gasteiger partial charge in [0.25, 0.3) is 0 Å². The summed E-state index contributed by atoms with van der Waals surface area (Å²) in [6, 6.07) is 13.6. The predicted octanol–water partition coefficient (Wildman–Crippen LogP) is 5.14. The molecule has 0 aliphatic carbocycles. The summed E-state index contributed by atoms with van der Waals surface area (Å²) < 4.78 is 13.9. The van der Waals surface area contributed by atoms with Crippen molar-refractivity contribution >= 4 is 27.6 Å². The quantitative estimate of drug-likeness (QED) is 0.333. The highest BCUT2D eigenvalue weighted by Crippen LogP contribution is 2.34. The van der Waals surface area contributed by atoms with E-state index in [0.29, 0.717) is 22.5 Å². The second kappa shape index (κ2) is 7.91. The van der Waals surface area contributed by atoms with Crippen molar-refractivity contribution in [1.82, 2.24) is 30.1 Å². The number of phenols is 1. The van der Waals surface area contributed by atoms with Crippen LogP contribution in [0.5, 0.6) is 5.75 Å². The number of aromatic amines is 2. The van der Waals surface area contributed by atoms with Crippen LogP contribution in [0.4, 0.5) is 10.1 Å². The summed E-state index contributed by atoms with van der Waals surface area (Å²) in [6.45, 7) is 0. The smallest absolute Gasteiger partial charge is 0.135 e. The average Bonchev–Trinajstić information content (AvgIpc) is 3.47. The van der Waals surface area contributed by atoms with E-state index in [1.807, 2.05) is 49.3 Å². The first kappa shape index (κ1) is 20.8. The molecule has 5 aromatic heterocycles. The second-order valence-electron chi connectivity index (χ2n) is 8.49. The highest BCUT2D eigenvalue weighted by molar-refractivity contribution is 5.99. The lowest BCUT2D eigenvalue weighted by atomic mass is 10.1. The number of fused-ring (bicyclic) bond motifs is 2. The zero-order chi connectivity index (χ0) is 24.1. The van der Waals surface area contributed by atoms with E-state index in [4.69, 9.17) is 4.98 Å². The van der Waals surface area contributed by atoms with Crippen molar-refractivity contribution in [2.24, 2.45) is 0 Å². The monoisotopic (exact) mass is 465 g/mol. The van der Waals surface area contributed by atoms with Crippen molar-refractivity contribution in [3.8, 4) is 39.7 Å². The molecule has 9 heteroatoms. The largest absolute Gasteiger partial charge is 0.508 e. The lowest BCUT2D eigenvalue weighted by molar-refractivity contribution is 0.469. The molecule has 0 amide bonds. The van der Waals surface area contributed by atoms with Crippen LogP contribution in [0.2, 0.25) is 0 Å². The number of nitrogens with one attached hydrogen (secondary N) is 2. The van der Waals surface area contributed by atoms with Crippen LogP contribution >= 0.6 is 0 Å². The van der Waals surface area contributed by atoms with E-state index < -0.39 is 5.82 Å². The number of rotatable bonds is 4. The van der Waals surface area contributed by atoms with Gasteiger partial charge in [-0.1, -0.05) is 0 Å². The molecule has 0 bridgehead atoms. The van der Waals surface area contributed by atoms with Crippen molar-refractivity contribution in [2.75, 3.05) is 19.0 Å². The van der Waals surface area contributed by atoms with Gasteiger partial charge in [0.2, 0.25) is 0 Å². The maximum Gasteiger partial charge on any atom is 0.135 e. The van der Waals surface area contributed by atoms with Gasteiger partial charge < -0.3 is 15.0 Å². The molecule has 35 heavy (non-hydrogen) atoms. The highest BCUT2D eigenvalue weighted by atomic mass is 19.1. The Morgan fingerprint density at radius 2 is 1.80 bits per heavy atom.